The van der Waals surface area contributed by atoms with E-state index in [4.69, 9.17) is 5.73 Å². The van der Waals surface area contributed by atoms with Crippen molar-refractivity contribution in [2.24, 2.45) is 5.73 Å². The van der Waals surface area contributed by atoms with Gasteiger partial charge in [0.1, 0.15) is 12.1 Å². The molecule has 3 nitrogen and oxygen atoms in total. The molecule has 9 heavy (non-hydrogen) atoms. The summed E-state index contributed by atoms with van der Waals surface area (Å²) in [4.78, 5) is 20.1. The quantitative estimate of drug-likeness (QED) is 0.538. The Kier molecular flexibility index (Phi) is 3.88. The summed E-state index contributed by atoms with van der Waals surface area (Å²) in [5.41, 5.74) is 5.33. The van der Waals surface area contributed by atoms with Gasteiger partial charge in [-0.3, -0.25) is 4.79 Å². The Bertz CT molecular complexity index is 112. The number of Topliss-reactive ketones (excluding diaryl/α,β-unsaturated/α-hetero) is 1. The first kappa shape index (κ1) is 8.30. The van der Waals surface area contributed by atoms with E-state index in [2.05, 4.69) is 0 Å². The van der Waals surface area contributed by atoms with Gasteiger partial charge in [0.25, 0.3) is 0 Å². The van der Waals surface area contributed by atoms with Crippen molar-refractivity contribution in [3.05, 3.63) is 0 Å². The van der Waals surface area contributed by atoms with Crippen molar-refractivity contribution in [2.45, 2.75) is 25.8 Å². The number of ketones is 1. The Labute approximate surface area is 54.2 Å². The van der Waals surface area contributed by atoms with Gasteiger partial charge in [0.15, 0.2) is 0 Å². The predicted molar refractivity (Wildman–Crippen MR) is 34.0 cm³/mol. The maximum absolute atomic E-state index is 10.3. The lowest BCUT2D eigenvalue weighted by molar-refractivity contribution is -0.117. The molecular formula is C6H11NO2. The summed E-state index contributed by atoms with van der Waals surface area (Å²) in [6.07, 6.45) is 1.31. The van der Waals surface area contributed by atoms with E-state index in [0.29, 0.717) is 6.42 Å². The molecule has 1 atom stereocenters. The Morgan fingerprint density at radius 2 is 2.33 bits per heavy atom. The topological polar surface area (TPSA) is 60.2 Å². The SMILES string of the molecule is CC(=O)CC(N)CC=O. The zero-order chi connectivity index (χ0) is 7.28. The van der Waals surface area contributed by atoms with E-state index in [1.807, 2.05) is 0 Å². The number of hydrogen-bond donors (Lipinski definition) is 1. The minimum Gasteiger partial charge on any atom is -0.327 e. The summed E-state index contributed by atoms with van der Waals surface area (Å²) in [5, 5.41) is 0. The Morgan fingerprint density at radius 1 is 1.78 bits per heavy atom. The standard InChI is InChI=1S/C6H11NO2/c1-5(9)4-6(7)2-3-8/h3,6H,2,4,7H2,1H3. The largest absolute Gasteiger partial charge is 0.327 e. The highest BCUT2D eigenvalue weighted by Crippen LogP contribution is 1.91. The molecular weight excluding hydrogens is 118 g/mol. The van der Waals surface area contributed by atoms with E-state index in [-0.39, 0.29) is 18.2 Å². The van der Waals surface area contributed by atoms with Gasteiger partial charge < -0.3 is 10.5 Å². The molecule has 0 aliphatic carbocycles. The van der Waals surface area contributed by atoms with Crippen LogP contribution in [-0.2, 0) is 9.59 Å². The number of hydrogen-bond acceptors (Lipinski definition) is 3. The Hall–Kier alpha value is -0.700. The monoisotopic (exact) mass is 129 g/mol. The van der Waals surface area contributed by atoms with E-state index in [0.717, 1.165) is 6.29 Å². The van der Waals surface area contributed by atoms with Crippen LogP contribution in [0.4, 0.5) is 0 Å². The van der Waals surface area contributed by atoms with E-state index in [9.17, 15) is 9.59 Å². The molecule has 0 saturated carbocycles. The average molecular weight is 129 g/mol. The predicted octanol–water partition coefficient (Wildman–Crippen LogP) is -0.118. The molecule has 0 aromatic carbocycles. The molecule has 0 aliphatic rings. The van der Waals surface area contributed by atoms with Crippen LogP contribution in [0.1, 0.15) is 19.8 Å². The highest BCUT2D eigenvalue weighted by Gasteiger charge is 2.02. The molecule has 0 amide bonds. The zero-order valence-corrected chi connectivity index (χ0v) is 5.46. The summed E-state index contributed by atoms with van der Waals surface area (Å²) >= 11 is 0. The first-order valence-electron chi connectivity index (χ1n) is 2.85. The van der Waals surface area contributed by atoms with Crippen molar-refractivity contribution in [3.63, 3.8) is 0 Å². The van der Waals surface area contributed by atoms with Crippen LogP contribution in [0.25, 0.3) is 0 Å². The minimum atomic E-state index is -0.278. The van der Waals surface area contributed by atoms with Gasteiger partial charge in [0, 0.05) is 18.9 Å². The molecule has 0 aliphatic heterocycles. The molecule has 1 unspecified atom stereocenters. The van der Waals surface area contributed by atoms with Gasteiger partial charge in [-0.25, -0.2) is 0 Å². The van der Waals surface area contributed by atoms with Crippen molar-refractivity contribution in [1.29, 1.82) is 0 Å². The summed E-state index contributed by atoms with van der Waals surface area (Å²) in [5.74, 6) is 0.0318. The van der Waals surface area contributed by atoms with Crippen LogP contribution in [0, 0.1) is 0 Å². The van der Waals surface area contributed by atoms with Gasteiger partial charge in [-0.1, -0.05) is 0 Å². The van der Waals surface area contributed by atoms with Gasteiger partial charge in [-0.05, 0) is 6.92 Å². The molecule has 0 bridgehead atoms. The highest BCUT2D eigenvalue weighted by atomic mass is 16.1. The van der Waals surface area contributed by atoms with E-state index in [1.54, 1.807) is 0 Å². The molecule has 0 heterocycles. The molecule has 0 saturated heterocycles. The zero-order valence-electron chi connectivity index (χ0n) is 5.46. The van der Waals surface area contributed by atoms with Gasteiger partial charge in [0.05, 0.1) is 0 Å². The summed E-state index contributed by atoms with van der Waals surface area (Å²) < 4.78 is 0. The molecule has 52 valence electrons. The van der Waals surface area contributed by atoms with E-state index < -0.39 is 0 Å². The normalized spacial score (nSPS) is 12.7. The van der Waals surface area contributed by atoms with Gasteiger partial charge in [0.2, 0.25) is 0 Å². The molecule has 0 rings (SSSR count). The molecule has 3 heteroatoms. The lowest BCUT2D eigenvalue weighted by Gasteiger charge is -2.01. The molecule has 0 radical (unpaired) electrons. The van der Waals surface area contributed by atoms with E-state index in [1.165, 1.54) is 6.92 Å². The first-order valence-corrected chi connectivity index (χ1v) is 2.85. The highest BCUT2D eigenvalue weighted by molar-refractivity contribution is 5.76. The minimum absolute atomic E-state index is 0.0318. The first-order chi connectivity index (χ1) is 4.16. The second kappa shape index (κ2) is 4.21. The third-order valence-corrected chi connectivity index (χ3v) is 0.949. The fourth-order valence-electron chi connectivity index (χ4n) is 0.576. The van der Waals surface area contributed by atoms with Gasteiger partial charge >= 0.3 is 0 Å². The van der Waals surface area contributed by atoms with Crippen LogP contribution >= 0.6 is 0 Å². The van der Waals surface area contributed by atoms with Crippen LogP contribution in [0.15, 0.2) is 0 Å². The van der Waals surface area contributed by atoms with Crippen molar-refractivity contribution in [2.75, 3.05) is 0 Å². The average Bonchev–Trinajstić information content (AvgIpc) is 1.63. The van der Waals surface area contributed by atoms with Crippen LogP contribution in [0.5, 0.6) is 0 Å². The van der Waals surface area contributed by atoms with Crippen molar-refractivity contribution < 1.29 is 9.59 Å². The summed E-state index contributed by atoms with van der Waals surface area (Å²) in [7, 11) is 0. The smallest absolute Gasteiger partial charge is 0.131 e. The van der Waals surface area contributed by atoms with Crippen molar-refractivity contribution in [3.8, 4) is 0 Å². The molecule has 0 aromatic heterocycles. The number of rotatable bonds is 4. The maximum atomic E-state index is 10.3. The van der Waals surface area contributed by atoms with Crippen LogP contribution in [0.2, 0.25) is 0 Å². The van der Waals surface area contributed by atoms with Crippen LogP contribution in [0.3, 0.4) is 0 Å². The third-order valence-electron chi connectivity index (χ3n) is 0.949. The number of carbonyl (C=O) groups excluding carboxylic acids is 2. The lowest BCUT2D eigenvalue weighted by Crippen LogP contribution is -2.22. The Balaban J connectivity index is 3.37. The molecule has 2 N–H and O–H groups in total. The van der Waals surface area contributed by atoms with Crippen LogP contribution in [-0.4, -0.2) is 18.1 Å². The maximum Gasteiger partial charge on any atom is 0.131 e. The van der Waals surface area contributed by atoms with Crippen LogP contribution < -0.4 is 5.73 Å². The third kappa shape index (κ3) is 5.17. The summed E-state index contributed by atoms with van der Waals surface area (Å²) in [6, 6.07) is -0.278. The number of aldehydes is 1. The van der Waals surface area contributed by atoms with Gasteiger partial charge in [-0.15, -0.1) is 0 Å². The summed E-state index contributed by atoms with van der Waals surface area (Å²) in [6.45, 7) is 1.46. The Morgan fingerprint density at radius 3 is 2.67 bits per heavy atom. The number of nitrogens with two attached hydrogens (primary N) is 1. The van der Waals surface area contributed by atoms with Crippen molar-refractivity contribution >= 4 is 12.1 Å². The molecule has 0 aromatic rings. The van der Waals surface area contributed by atoms with Gasteiger partial charge in [-0.2, -0.15) is 0 Å². The van der Waals surface area contributed by atoms with Crippen molar-refractivity contribution in [1.82, 2.24) is 0 Å². The molecule has 0 fully saturated rings. The van der Waals surface area contributed by atoms with E-state index >= 15 is 0 Å². The fourth-order valence-corrected chi connectivity index (χ4v) is 0.576. The lowest BCUT2D eigenvalue weighted by atomic mass is 10.1. The number of carbonyl (C=O) groups is 2. The molecule has 0 spiro atoms. The fraction of sp³-hybridized carbons (Fsp3) is 0.667. The second-order valence-corrected chi connectivity index (χ2v) is 2.07. The second-order valence-electron chi connectivity index (χ2n) is 2.07.